The van der Waals surface area contributed by atoms with Gasteiger partial charge in [0.25, 0.3) is 10.0 Å². The van der Waals surface area contributed by atoms with Gasteiger partial charge in [0.05, 0.1) is 4.51 Å². The Labute approximate surface area is 110 Å². The molecule has 0 radical (unpaired) electrons. The highest BCUT2D eigenvalue weighted by Crippen LogP contribution is 2.08. The Morgan fingerprint density at radius 2 is 2.39 bits per heavy atom. The number of nitrogens with one attached hydrogen (secondary N) is 3. The lowest BCUT2D eigenvalue weighted by atomic mass is 10.5. The molecule has 18 heavy (non-hydrogen) atoms. The Hall–Kier alpha value is -1.89. The largest absolute Gasteiger partial charge is 0.366 e. The lowest BCUT2D eigenvalue weighted by Gasteiger charge is -2.09. The number of hydrazine groups is 1. The molecule has 0 bridgehead atoms. The van der Waals surface area contributed by atoms with Gasteiger partial charge in [0.15, 0.2) is 0 Å². The van der Waals surface area contributed by atoms with Gasteiger partial charge in [-0.15, -0.1) is 6.42 Å². The summed E-state index contributed by atoms with van der Waals surface area (Å²) in [5.41, 5.74) is 2.10. The topological polar surface area (TPSA) is 112 Å². The van der Waals surface area contributed by atoms with E-state index in [2.05, 4.69) is 26.0 Å². The molecule has 1 heterocycles. The van der Waals surface area contributed by atoms with Crippen LogP contribution < -0.4 is 16.0 Å². The second-order valence-electron chi connectivity index (χ2n) is 2.99. The normalized spacial score (nSPS) is 11.7. The summed E-state index contributed by atoms with van der Waals surface area (Å²) >= 11 is 4.91. The summed E-state index contributed by atoms with van der Waals surface area (Å²) in [5, 5.41) is 0. The van der Waals surface area contributed by atoms with Gasteiger partial charge in [-0.3, -0.25) is 5.43 Å². The predicted octanol–water partition coefficient (Wildman–Crippen LogP) is -0.525. The molecule has 0 unspecified atom stereocenters. The van der Waals surface area contributed by atoms with Crippen molar-refractivity contribution >= 4 is 28.2 Å². The van der Waals surface area contributed by atoms with Gasteiger partial charge >= 0.3 is 0 Å². The lowest BCUT2D eigenvalue weighted by Crippen LogP contribution is -2.44. The van der Waals surface area contributed by atoms with E-state index in [4.69, 9.17) is 24.5 Å². The molecule has 0 saturated heterocycles. The Morgan fingerprint density at radius 3 is 2.94 bits per heavy atom. The number of hydrogen-bond acceptors (Lipinski definition) is 5. The monoisotopic (exact) mass is 285 g/mol. The van der Waals surface area contributed by atoms with Gasteiger partial charge in [-0.25, -0.2) is 24.0 Å². The Kier molecular flexibility index (Phi) is 4.85. The van der Waals surface area contributed by atoms with Gasteiger partial charge in [0, 0.05) is 12.4 Å². The molecule has 1 aromatic rings. The molecule has 1 aromatic heterocycles. The fourth-order valence-electron chi connectivity index (χ4n) is 1.03. The molecule has 0 amide bonds. The van der Waals surface area contributed by atoms with E-state index in [1.807, 2.05) is 0 Å². The van der Waals surface area contributed by atoms with Crippen LogP contribution in [0.4, 0.5) is 0 Å². The fraction of sp³-hybridized carbons (Fsp3) is 0.111. The quantitative estimate of drug-likeness (QED) is 0.149. The number of pyridine rings is 1. The van der Waals surface area contributed by atoms with Crippen LogP contribution in [0.1, 0.15) is 0 Å². The first-order chi connectivity index (χ1) is 8.51. The van der Waals surface area contributed by atoms with Crippen molar-refractivity contribution in [2.24, 2.45) is 10.8 Å². The summed E-state index contributed by atoms with van der Waals surface area (Å²) in [6, 6.07) is 1.46. The van der Waals surface area contributed by atoms with Crippen LogP contribution in [0.15, 0.2) is 28.3 Å². The average molecular weight is 285 g/mol. The van der Waals surface area contributed by atoms with E-state index in [1.165, 1.54) is 18.5 Å². The number of sulfonamides is 1. The van der Waals surface area contributed by atoms with Crippen LogP contribution in [-0.2, 0) is 10.0 Å². The minimum atomic E-state index is -3.86. The Balaban J connectivity index is 3.07. The van der Waals surface area contributed by atoms with Crippen LogP contribution >= 0.6 is 12.2 Å². The van der Waals surface area contributed by atoms with Crippen molar-refractivity contribution in [1.29, 1.82) is 0 Å². The number of H-pyrrole nitrogens is 1. The summed E-state index contributed by atoms with van der Waals surface area (Å²) in [6.07, 6.45) is 7.79. The third-order valence-electron chi connectivity index (χ3n) is 1.77. The van der Waals surface area contributed by atoms with Crippen molar-refractivity contribution in [3.63, 3.8) is 0 Å². The number of nitrogens with two attached hydrogens (primary N) is 1. The maximum Gasteiger partial charge on any atom is 0.267 e. The van der Waals surface area contributed by atoms with E-state index in [0.717, 1.165) is 0 Å². The second kappa shape index (κ2) is 6.15. The molecule has 7 nitrogen and oxygen atoms in total. The highest BCUT2D eigenvalue weighted by atomic mass is 32.2. The molecule has 9 heteroatoms. The number of aromatic nitrogens is 1. The van der Waals surface area contributed by atoms with Gasteiger partial charge in [-0.1, -0.05) is 18.1 Å². The maximum atomic E-state index is 12.0. The molecule has 0 saturated carbocycles. The van der Waals surface area contributed by atoms with Crippen molar-refractivity contribution in [1.82, 2.24) is 15.1 Å². The van der Waals surface area contributed by atoms with Crippen LogP contribution in [-0.4, -0.2) is 25.9 Å². The van der Waals surface area contributed by atoms with Crippen LogP contribution in [0.3, 0.4) is 0 Å². The second-order valence-corrected chi connectivity index (χ2v) is 5.08. The third-order valence-corrected chi connectivity index (χ3v) is 3.64. The SMILES string of the molecule is C#CCN=C(NN)NS(=O)(=O)c1c[nH]ccc1=S. The standard InChI is InChI=1S/C9H11N5O2S2/c1-2-4-12-9(13-10)14-18(15,16)8-6-11-5-3-7(8)17/h1,3,5-6H,4,10H2,(H,11,17)(H2,12,13,14). The van der Waals surface area contributed by atoms with Crippen LogP contribution in [0.2, 0.25) is 0 Å². The molecular formula is C9H11N5O2S2. The molecule has 0 atom stereocenters. The number of hydrogen-bond donors (Lipinski definition) is 4. The van der Waals surface area contributed by atoms with Gasteiger partial charge in [-0.2, -0.15) is 0 Å². The summed E-state index contributed by atoms with van der Waals surface area (Å²) in [4.78, 5) is 6.26. The third kappa shape index (κ3) is 3.56. The van der Waals surface area contributed by atoms with Crippen molar-refractivity contribution in [3.05, 3.63) is 23.0 Å². The molecule has 1 rings (SSSR count). The lowest BCUT2D eigenvalue weighted by molar-refractivity contribution is 0.590. The van der Waals surface area contributed by atoms with E-state index in [9.17, 15) is 8.42 Å². The first-order valence-corrected chi connectivity index (χ1v) is 6.55. The number of aliphatic imine (C=N–C) groups is 1. The van der Waals surface area contributed by atoms with Crippen LogP contribution in [0.25, 0.3) is 0 Å². The summed E-state index contributed by atoms with van der Waals surface area (Å²) in [5.74, 6) is 7.19. The minimum Gasteiger partial charge on any atom is -0.366 e. The predicted molar refractivity (Wildman–Crippen MR) is 70.4 cm³/mol. The molecule has 0 spiro atoms. The number of rotatable bonds is 3. The number of nitrogens with zero attached hydrogens (tertiary/aromatic N) is 1. The molecule has 5 N–H and O–H groups in total. The molecule has 96 valence electrons. The zero-order chi connectivity index (χ0) is 13.6. The summed E-state index contributed by atoms with van der Waals surface area (Å²) < 4.78 is 26.2. The highest BCUT2D eigenvalue weighted by Gasteiger charge is 2.17. The van der Waals surface area contributed by atoms with E-state index in [1.54, 1.807) is 0 Å². The molecule has 0 fully saturated rings. The fourth-order valence-corrected chi connectivity index (χ4v) is 2.53. The van der Waals surface area contributed by atoms with Crippen molar-refractivity contribution in [3.8, 4) is 12.3 Å². The number of guanidine groups is 1. The average Bonchev–Trinajstić information content (AvgIpc) is 2.34. The van der Waals surface area contributed by atoms with E-state index in [-0.39, 0.29) is 21.9 Å². The first-order valence-electron chi connectivity index (χ1n) is 4.65. The summed E-state index contributed by atoms with van der Waals surface area (Å²) in [6.45, 7) is -0.0102. The van der Waals surface area contributed by atoms with Gasteiger partial charge in [0.2, 0.25) is 5.96 Å². The zero-order valence-electron chi connectivity index (χ0n) is 9.17. The molecule has 0 aliphatic carbocycles. The van der Waals surface area contributed by atoms with E-state index in [0.29, 0.717) is 0 Å². The molecular weight excluding hydrogens is 274 g/mol. The zero-order valence-corrected chi connectivity index (χ0v) is 10.8. The van der Waals surface area contributed by atoms with Crippen molar-refractivity contribution in [2.75, 3.05) is 6.54 Å². The number of aromatic amines is 1. The molecule has 0 aliphatic rings. The van der Waals surface area contributed by atoms with Crippen molar-refractivity contribution in [2.45, 2.75) is 4.90 Å². The van der Waals surface area contributed by atoms with E-state index >= 15 is 0 Å². The Morgan fingerprint density at radius 1 is 1.67 bits per heavy atom. The Bertz CT molecular complexity index is 641. The first kappa shape index (κ1) is 14.2. The van der Waals surface area contributed by atoms with Crippen LogP contribution in [0, 0.1) is 16.9 Å². The number of terminal acetylenes is 1. The van der Waals surface area contributed by atoms with Crippen LogP contribution in [0.5, 0.6) is 0 Å². The van der Waals surface area contributed by atoms with Gasteiger partial charge in [0.1, 0.15) is 11.4 Å². The smallest absolute Gasteiger partial charge is 0.267 e. The highest BCUT2D eigenvalue weighted by molar-refractivity contribution is 7.90. The van der Waals surface area contributed by atoms with E-state index < -0.39 is 10.0 Å². The minimum absolute atomic E-state index is 0.0102. The molecule has 0 aromatic carbocycles. The van der Waals surface area contributed by atoms with Gasteiger partial charge in [-0.05, 0) is 6.07 Å². The summed E-state index contributed by atoms with van der Waals surface area (Å²) in [7, 11) is -3.86. The van der Waals surface area contributed by atoms with Gasteiger partial charge < -0.3 is 4.98 Å². The molecule has 0 aliphatic heterocycles. The van der Waals surface area contributed by atoms with Crippen molar-refractivity contribution < 1.29 is 8.42 Å². The maximum absolute atomic E-state index is 12.0.